The molecule has 4 nitrogen and oxygen atoms in total. The molecule has 0 heterocycles. The van der Waals surface area contributed by atoms with E-state index in [4.69, 9.17) is 9.47 Å². The molecule has 2 rings (SSSR count). The molecule has 0 spiro atoms. The van der Waals surface area contributed by atoms with Gasteiger partial charge in [0.25, 0.3) is 0 Å². The average molecular weight is 279 g/mol. The van der Waals surface area contributed by atoms with Crippen LogP contribution in [0.3, 0.4) is 0 Å². The van der Waals surface area contributed by atoms with Crippen LogP contribution in [0.25, 0.3) is 0 Å². The number of nitrogens with one attached hydrogen (secondary N) is 1. The van der Waals surface area contributed by atoms with Gasteiger partial charge in [0.1, 0.15) is 0 Å². The summed E-state index contributed by atoms with van der Waals surface area (Å²) < 4.78 is 10.9. The van der Waals surface area contributed by atoms with Crippen molar-refractivity contribution in [1.29, 1.82) is 0 Å². The zero-order valence-corrected chi connectivity index (χ0v) is 12.4. The van der Waals surface area contributed by atoms with Gasteiger partial charge >= 0.3 is 0 Å². The van der Waals surface area contributed by atoms with Crippen molar-refractivity contribution < 1.29 is 14.6 Å². The Morgan fingerprint density at radius 2 is 2.05 bits per heavy atom. The summed E-state index contributed by atoms with van der Waals surface area (Å²) in [7, 11) is 1.65. The van der Waals surface area contributed by atoms with Crippen molar-refractivity contribution in [2.45, 2.75) is 51.3 Å². The number of methoxy groups -OCH3 is 1. The zero-order chi connectivity index (χ0) is 14.4. The fourth-order valence-corrected chi connectivity index (χ4v) is 2.70. The Labute approximate surface area is 121 Å². The van der Waals surface area contributed by atoms with E-state index in [0.29, 0.717) is 6.61 Å². The molecule has 0 radical (unpaired) electrons. The summed E-state index contributed by atoms with van der Waals surface area (Å²) in [5.74, 6) is 1.53. The van der Waals surface area contributed by atoms with E-state index in [-0.39, 0.29) is 12.1 Å². The minimum absolute atomic E-state index is 0.210. The maximum absolute atomic E-state index is 9.95. The average Bonchev–Trinajstić information content (AvgIpc) is 2.48. The van der Waals surface area contributed by atoms with Crippen molar-refractivity contribution in [3.05, 3.63) is 23.8 Å². The summed E-state index contributed by atoms with van der Waals surface area (Å²) in [5, 5.41) is 13.4. The SMILES string of the molecule is CCOc1ccc(CN[C@@H]2CCCC[C@@H]2O)cc1OC. The lowest BCUT2D eigenvalue weighted by Gasteiger charge is -2.28. The van der Waals surface area contributed by atoms with Crippen molar-refractivity contribution in [3.63, 3.8) is 0 Å². The van der Waals surface area contributed by atoms with E-state index in [0.717, 1.165) is 42.9 Å². The molecule has 0 bridgehead atoms. The third-order valence-electron chi connectivity index (χ3n) is 3.83. The number of hydrogen-bond acceptors (Lipinski definition) is 4. The monoisotopic (exact) mass is 279 g/mol. The van der Waals surface area contributed by atoms with E-state index < -0.39 is 0 Å². The molecule has 1 aliphatic carbocycles. The van der Waals surface area contributed by atoms with Crippen LogP contribution in [-0.4, -0.2) is 31.0 Å². The van der Waals surface area contributed by atoms with Crippen molar-refractivity contribution in [1.82, 2.24) is 5.32 Å². The van der Waals surface area contributed by atoms with Crippen LogP contribution in [0, 0.1) is 0 Å². The van der Waals surface area contributed by atoms with Crippen molar-refractivity contribution >= 4 is 0 Å². The van der Waals surface area contributed by atoms with Crippen molar-refractivity contribution in [2.24, 2.45) is 0 Å². The van der Waals surface area contributed by atoms with Gasteiger partial charge in [-0.25, -0.2) is 0 Å². The molecule has 0 saturated heterocycles. The van der Waals surface area contributed by atoms with Gasteiger partial charge in [0.15, 0.2) is 11.5 Å². The van der Waals surface area contributed by atoms with Crippen LogP contribution in [0.5, 0.6) is 11.5 Å². The molecule has 2 N–H and O–H groups in total. The predicted octanol–water partition coefficient (Wildman–Crippen LogP) is 2.49. The van der Waals surface area contributed by atoms with Gasteiger partial charge in [-0.05, 0) is 37.5 Å². The number of rotatable bonds is 6. The summed E-state index contributed by atoms with van der Waals surface area (Å²) in [6.45, 7) is 3.33. The molecule has 1 saturated carbocycles. The van der Waals surface area contributed by atoms with Crippen LogP contribution in [0.15, 0.2) is 18.2 Å². The van der Waals surface area contributed by atoms with E-state index in [1.807, 2.05) is 25.1 Å². The summed E-state index contributed by atoms with van der Waals surface area (Å²) in [6.07, 6.45) is 4.07. The molecule has 2 atom stereocenters. The van der Waals surface area contributed by atoms with Crippen molar-refractivity contribution in [3.8, 4) is 11.5 Å². The summed E-state index contributed by atoms with van der Waals surface area (Å²) in [4.78, 5) is 0. The van der Waals surface area contributed by atoms with E-state index in [9.17, 15) is 5.11 Å². The number of benzene rings is 1. The Balaban J connectivity index is 1.95. The Bertz CT molecular complexity index is 422. The van der Waals surface area contributed by atoms with Crippen LogP contribution in [0.2, 0.25) is 0 Å². The van der Waals surface area contributed by atoms with E-state index in [1.54, 1.807) is 7.11 Å². The van der Waals surface area contributed by atoms with Crippen LogP contribution in [0.1, 0.15) is 38.2 Å². The molecule has 4 heteroatoms. The molecule has 0 aromatic heterocycles. The first kappa shape index (κ1) is 15.1. The highest BCUT2D eigenvalue weighted by molar-refractivity contribution is 5.42. The second-order valence-electron chi connectivity index (χ2n) is 5.26. The first-order chi connectivity index (χ1) is 9.74. The van der Waals surface area contributed by atoms with Gasteiger partial charge in [-0.15, -0.1) is 0 Å². The number of hydrogen-bond donors (Lipinski definition) is 2. The minimum Gasteiger partial charge on any atom is -0.493 e. The fraction of sp³-hybridized carbons (Fsp3) is 0.625. The molecular weight excluding hydrogens is 254 g/mol. The number of ether oxygens (including phenoxy) is 2. The van der Waals surface area contributed by atoms with Gasteiger partial charge < -0.3 is 19.9 Å². The summed E-state index contributed by atoms with van der Waals surface area (Å²) in [6, 6.07) is 6.18. The molecule has 112 valence electrons. The Morgan fingerprint density at radius 1 is 1.25 bits per heavy atom. The summed E-state index contributed by atoms with van der Waals surface area (Å²) >= 11 is 0. The topological polar surface area (TPSA) is 50.7 Å². The van der Waals surface area contributed by atoms with Crippen LogP contribution >= 0.6 is 0 Å². The molecule has 0 aliphatic heterocycles. The third-order valence-corrected chi connectivity index (χ3v) is 3.83. The molecule has 1 aromatic carbocycles. The molecular formula is C16H25NO3. The van der Waals surface area contributed by atoms with Gasteiger partial charge in [0.05, 0.1) is 19.8 Å². The highest BCUT2D eigenvalue weighted by atomic mass is 16.5. The highest BCUT2D eigenvalue weighted by Gasteiger charge is 2.22. The lowest BCUT2D eigenvalue weighted by molar-refractivity contribution is 0.0902. The number of aliphatic hydroxyl groups is 1. The van der Waals surface area contributed by atoms with Gasteiger partial charge in [-0.3, -0.25) is 0 Å². The lowest BCUT2D eigenvalue weighted by Crippen LogP contribution is -2.41. The maximum Gasteiger partial charge on any atom is 0.161 e. The van der Waals surface area contributed by atoms with Gasteiger partial charge in [-0.2, -0.15) is 0 Å². The quantitative estimate of drug-likeness (QED) is 0.840. The molecule has 0 unspecified atom stereocenters. The normalized spacial score (nSPS) is 22.6. The third kappa shape index (κ3) is 3.87. The lowest BCUT2D eigenvalue weighted by atomic mass is 9.92. The minimum atomic E-state index is -0.214. The first-order valence-corrected chi connectivity index (χ1v) is 7.45. The molecule has 1 fully saturated rings. The molecule has 20 heavy (non-hydrogen) atoms. The van der Waals surface area contributed by atoms with E-state index in [1.165, 1.54) is 6.42 Å². The highest BCUT2D eigenvalue weighted by Crippen LogP contribution is 2.28. The molecule has 1 aliphatic rings. The van der Waals surface area contributed by atoms with Crippen LogP contribution < -0.4 is 14.8 Å². The molecule has 0 amide bonds. The van der Waals surface area contributed by atoms with E-state index in [2.05, 4.69) is 5.32 Å². The van der Waals surface area contributed by atoms with Gasteiger partial charge in [0, 0.05) is 12.6 Å². The second-order valence-corrected chi connectivity index (χ2v) is 5.26. The summed E-state index contributed by atoms with van der Waals surface area (Å²) in [5.41, 5.74) is 1.14. The van der Waals surface area contributed by atoms with Crippen LogP contribution in [0.4, 0.5) is 0 Å². The Hall–Kier alpha value is -1.26. The fourth-order valence-electron chi connectivity index (χ4n) is 2.70. The predicted molar refractivity (Wildman–Crippen MR) is 79.3 cm³/mol. The Morgan fingerprint density at radius 3 is 2.75 bits per heavy atom. The second kappa shape index (κ2) is 7.50. The largest absolute Gasteiger partial charge is 0.493 e. The number of aliphatic hydroxyl groups excluding tert-OH is 1. The van der Waals surface area contributed by atoms with Crippen LogP contribution in [-0.2, 0) is 6.54 Å². The van der Waals surface area contributed by atoms with Crippen molar-refractivity contribution in [2.75, 3.05) is 13.7 Å². The Kier molecular flexibility index (Phi) is 5.68. The standard InChI is InChI=1S/C16H25NO3/c1-3-20-15-9-8-12(10-16(15)19-2)11-17-13-6-4-5-7-14(13)18/h8-10,13-14,17-18H,3-7,11H2,1-2H3/t13-,14+/m1/s1. The first-order valence-electron chi connectivity index (χ1n) is 7.45. The van der Waals surface area contributed by atoms with Gasteiger partial charge in [-0.1, -0.05) is 18.9 Å². The molecule has 1 aromatic rings. The zero-order valence-electron chi connectivity index (χ0n) is 12.4. The van der Waals surface area contributed by atoms with Gasteiger partial charge in [0.2, 0.25) is 0 Å². The smallest absolute Gasteiger partial charge is 0.161 e. The van der Waals surface area contributed by atoms with E-state index >= 15 is 0 Å². The maximum atomic E-state index is 9.95.